The Kier molecular flexibility index (Phi) is 7.64. The van der Waals surface area contributed by atoms with Crippen molar-refractivity contribution < 1.29 is 19.5 Å². The van der Waals surface area contributed by atoms with E-state index < -0.39 is 23.7 Å². The molecule has 2 aromatic carbocycles. The van der Waals surface area contributed by atoms with E-state index in [4.69, 9.17) is 23.2 Å². The first-order valence-electron chi connectivity index (χ1n) is 8.14. The van der Waals surface area contributed by atoms with Gasteiger partial charge in [-0.2, -0.15) is 0 Å². The van der Waals surface area contributed by atoms with Crippen molar-refractivity contribution in [2.75, 3.05) is 6.54 Å². The molecule has 0 fully saturated rings. The van der Waals surface area contributed by atoms with Crippen molar-refractivity contribution in [3.63, 3.8) is 0 Å². The van der Waals surface area contributed by atoms with Crippen molar-refractivity contribution in [1.29, 1.82) is 0 Å². The largest absolute Gasteiger partial charge is 0.481 e. The number of Topliss-reactive ketones (excluding diaryl/α,β-unsaturated/α-hetero) is 1. The van der Waals surface area contributed by atoms with Gasteiger partial charge in [-0.05, 0) is 17.7 Å². The number of aliphatic carboxylic acids is 1. The average Bonchev–Trinajstić information content (AvgIpc) is 2.63. The third kappa shape index (κ3) is 6.27. The molecule has 2 aromatic rings. The molecular weight excluding hydrogens is 391 g/mol. The zero-order chi connectivity index (χ0) is 19.8. The standard InChI is InChI=1S/C19H18Cl2N2O4/c20-14-7-4-8-15(21)17(14)16(24)9-13(18(25)26)11-23-19(27)22-10-12-5-2-1-3-6-12/h1-8,13H,9-11H2,(H,25,26)(H2,22,23,27)/t13-/m0/s1. The second kappa shape index (κ2) is 9.94. The van der Waals surface area contributed by atoms with Crippen LogP contribution in [0.25, 0.3) is 0 Å². The summed E-state index contributed by atoms with van der Waals surface area (Å²) in [4.78, 5) is 35.7. The predicted octanol–water partition coefficient (Wildman–Crippen LogP) is 3.77. The highest BCUT2D eigenvalue weighted by Gasteiger charge is 2.25. The number of nitrogens with one attached hydrogen (secondary N) is 2. The van der Waals surface area contributed by atoms with E-state index in [-0.39, 0.29) is 28.6 Å². The molecule has 8 heteroatoms. The van der Waals surface area contributed by atoms with Gasteiger partial charge in [0.25, 0.3) is 0 Å². The van der Waals surface area contributed by atoms with Crippen molar-refractivity contribution in [1.82, 2.24) is 10.6 Å². The summed E-state index contributed by atoms with van der Waals surface area (Å²) >= 11 is 12.0. The van der Waals surface area contributed by atoms with Crippen LogP contribution in [0.2, 0.25) is 10.0 Å². The number of carboxylic acid groups (broad SMARTS) is 1. The number of urea groups is 1. The maximum Gasteiger partial charge on any atom is 0.315 e. The van der Waals surface area contributed by atoms with Crippen LogP contribution in [-0.2, 0) is 11.3 Å². The predicted molar refractivity (Wildman–Crippen MR) is 103 cm³/mol. The highest BCUT2D eigenvalue weighted by Crippen LogP contribution is 2.26. The number of carboxylic acids is 1. The minimum atomic E-state index is -1.20. The van der Waals surface area contributed by atoms with Crippen LogP contribution >= 0.6 is 23.2 Å². The Labute approximate surface area is 166 Å². The first kappa shape index (κ1) is 20.7. The number of carbonyl (C=O) groups excluding carboxylic acids is 2. The molecule has 142 valence electrons. The van der Waals surface area contributed by atoms with Crippen LogP contribution in [0.3, 0.4) is 0 Å². The normalized spacial score (nSPS) is 11.5. The molecule has 2 rings (SSSR count). The van der Waals surface area contributed by atoms with E-state index in [1.54, 1.807) is 6.07 Å². The molecule has 6 nitrogen and oxygen atoms in total. The summed E-state index contributed by atoms with van der Waals surface area (Å²) in [6.07, 6.45) is -0.336. The van der Waals surface area contributed by atoms with E-state index in [1.165, 1.54) is 12.1 Å². The summed E-state index contributed by atoms with van der Waals surface area (Å²) in [5.74, 6) is -2.80. The SMILES string of the molecule is O=C(NCc1ccccc1)NC[C@H](CC(=O)c1c(Cl)cccc1Cl)C(=O)O. The second-order valence-corrected chi connectivity index (χ2v) is 6.62. The maximum atomic E-state index is 12.4. The van der Waals surface area contributed by atoms with Crippen molar-refractivity contribution in [2.24, 2.45) is 5.92 Å². The fraction of sp³-hybridized carbons (Fsp3) is 0.211. The van der Waals surface area contributed by atoms with Crippen LogP contribution in [0, 0.1) is 5.92 Å². The van der Waals surface area contributed by atoms with Crippen LogP contribution in [0.1, 0.15) is 22.3 Å². The third-order valence-electron chi connectivity index (χ3n) is 3.83. The zero-order valence-electron chi connectivity index (χ0n) is 14.2. The number of ketones is 1. The van der Waals surface area contributed by atoms with Crippen LogP contribution in [0.15, 0.2) is 48.5 Å². The molecule has 0 aliphatic rings. The molecule has 1 atom stereocenters. The van der Waals surface area contributed by atoms with Crippen molar-refractivity contribution in [3.8, 4) is 0 Å². The summed E-state index contributed by atoms with van der Waals surface area (Å²) in [6.45, 7) is 0.0995. The lowest BCUT2D eigenvalue weighted by molar-refractivity contribution is -0.141. The minimum Gasteiger partial charge on any atom is -0.481 e. The Morgan fingerprint density at radius 3 is 2.15 bits per heavy atom. The lowest BCUT2D eigenvalue weighted by Gasteiger charge is -2.14. The molecule has 0 aliphatic heterocycles. The van der Waals surface area contributed by atoms with Crippen LogP contribution < -0.4 is 10.6 Å². The van der Waals surface area contributed by atoms with E-state index in [0.717, 1.165) is 5.56 Å². The molecule has 3 N–H and O–H groups in total. The number of hydrogen-bond acceptors (Lipinski definition) is 3. The summed E-state index contributed by atoms with van der Waals surface area (Å²) in [5.41, 5.74) is 0.992. The van der Waals surface area contributed by atoms with E-state index >= 15 is 0 Å². The van der Waals surface area contributed by atoms with E-state index in [9.17, 15) is 19.5 Å². The quantitative estimate of drug-likeness (QED) is 0.579. The lowest BCUT2D eigenvalue weighted by atomic mass is 9.98. The molecule has 0 saturated carbocycles. The second-order valence-electron chi connectivity index (χ2n) is 5.81. The molecule has 0 unspecified atom stereocenters. The van der Waals surface area contributed by atoms with Crippen molar-refractivity contribution in [3.05, 3.63) is 69.7 Å². The molecule has 2 amide bonds. The van der Waals surface area contributed by atoms with Gasteiger partial charge >= 0.3 is 12.0 Å². The van der Waals surface area contributed by atoms with Crippen LogP contribution in [0.5, 0.6) is 0 Å². The van der Waals surface area contributed by atoms with Crippen LogP contribution in [0.4, 0.5) is 4.79 Å². The Morgan fingerprint density at radius 2 is 1.56 bits per heavy atom. The number of rotatable bonds is 8. The Balaban J connectivity index is 1.90. The monoisotopic (exact) mass is 408 g/mol. The van der Waals surface area contributed by atoms with E-state index in [0.29, 0.717) is 6.54 Å². The molecule has 0 spiro atoms. The van der Waals surface area contributed by atoms with E-state index in [1.807, 2.05) is 30.3 Å². The number of halogens is 2. The summed E-state index contributed by atoms with van der Waals surface area (Å²) < 4.78 is 0. The third-order valence-corrected chi connectivity index (χ3v) is 4.46. The molecule has 0 heterocycles. The van der Waals surface area contributed by atoms with E-state index in [2.05, 4.69) is 10.6 Å². The molecule has 0 aromatic heterocycles. The Bertz CT molecular complexity index is 807. The topological polar surface area (TPSA) is 95.5 Å². The zero-order valence-corrected chi connectivity index (χ0v) is 15.8. The Hall–Kier alpha value is -2.57. The van der Waals surface area contributed by atoms with Gasteiger partial charge < -0.3 is 15.7 Å². The van der Waals surface area contributed by atoms with Crippen molar-refractivity contribution in [2.45, 2.75) is 13.0 Å². The van der Waals surface area contributed by atoms with Gasteiger partial charge in [0.05, 0.1) is 21.5 Å². The highest BCUT2D eigenvalue weighted by molar-refractivity contribution is 6.39. The van der Waals surface area contributed by atoms with Gasteiger partial charge in [0.1, 0.15) is 0 Å². The molecule has 27 heavy (non-hydrogen) atoms. The molecule has 0 bridgehead atoms. The lowest BCUT2D eigenvalue weighted by Crippen LogP contribution is -2.40. The minimum absolute atomic E-state index is 0.0839. The summed E-state index contributed by atoms with van der Waals surface area (Å²) in [7, 11) is 0. The number of carbonyl (C=O) groups is 3. The van der Waals surface area contributed by atoms with Crippen LogP contribution in [-0.4, -0.2) is 29.4 Å². The molecule has 0 radical (unpaired) electrons. The number of hydrogen-bond donors (Lipinski definition) is 3. The summed E-state index contributed by atoms with van der Waals surface area (Å²) in [5, 5.41) is 14.8. The average molecular weight is 409 g/mol. The first-order valence-corrected chi connectivity index (χ1v) is 8.89. The van der Waals surface area contributed by atoms with Gasteiger partial charge in [0.2, 0.25) is 0 Å². The van der Waals surface area contributed by atoms with Crippen molar-refractivity contribution >= 4 is 41.0 Å². The van der Waals surface area contributed by atoms with Gasteiger partial charge in [0.15, 0.2) is 5.78 Å². The molecule has 0 saturated heterocycles. The van der Waals surface area contributed by atoms with Gasteiger partial charge in [-0.1, -0.05) is 59.6 Å². The first-order chi connectivity index (χ1) is 12.9. The number of benzene rings is 2. The molecule has 0 aliphatic carbocycles. The summed E-state index contributed by atoms with van der Waals surface area (Å²) in [6, 6.07) is 13.4. The molecular formula is C19H18Cl2N2O4. The van der Waals surface area contributed by atoms with Gasteiger partial charge in [0, 0.05) is 19.5 Å². The Morgan fingerprint density at radius 1 is 0.926 bits per heavy atom. The smallest absolute Gasteiger partial charge is 0.315 e. The maximum absolute atomic E-state index is 12.4. The van der Waals surface area contributed by atoms with Gasteiger partial charge in [-0.3, -0.25) is 9.59 Å². The highest BCUT2D eigenvalue weighted by atomic mass is 35.5. The fourth-order valence-corrected chi connectivity index (χ4v) is 3.00. The van der Waals surface area contributed by atoms with Gasteiger partial charge in [-0.15, -0.1) is 0 Å². The number of amides is 2. The van der Waals surface area contributed by atoms with Gasteiger partial charge in [-0.25, -0.2) is 4.79 Å². The fourth-order valence-electron chi connectivity index (χ4n) is 2.39.